The number of piperidine rings is 1. The highest BCUT2D eigenvalue weighted by atomic mass is 16.6. The lowest BCUT2D eigenvalue weighted by molar-refractivity contribution is -0.126. The van der Waals surface area contributed by atoms with Gasteiger partial charge in [-0.15, -0.1) is 0 Å². The van der Waals surface area contributed by atoms with Gasteiger partial charge in [-0.2, -0.15) is 0 Å². The first-order chi connectivity index (χ1) is 18.3. The molecule has 2 amide bonds. The van der Waals surface area contributed by atoms with Gasteiger partial charge in [-0.1, -0.05) is 36.4 Å². The molecule has 0 spiro atoms. The van der Waals surface area contributed by atoms with Crippen LogP contribution in [0, 0.1) is 12.3 Å². The monoisotopic (exact) mass is 512 g/mol. The van der Waals surface area contributed by atoms with Crippen molar-refractivity contribution in [2.75, 3.05) is 37.4 Å². The zero-order valence-electron chi connectivity index (χ0n) is 21.9. The molecule has 2 aromatic carbocycles. The average molecular weight is 513 g/mol. The Morgan fingerprint density at radius 2 is 1.84 bits per heavy atom. The fraction of sp³-hybridized carbons (Fsp3) is 0.310. The van der Waals surface area contributed by atoms with Crippen molar-refractivity contribution >= 4 is 34.5 Å². The van der Waals surface area contributed by atoms with Crippen LogP contribution < -0.4 is 15.0 Å². The van der Waals surface area contributed by atoms with Crippen LogP contribution in [0.2, 0.25) is 0 Å². The van der Waals surface area contributed by atoms with E-state index < -0.39 is 11.5 Å². The maximum Gasteiger partial charge on any atom is 0.414 e. The molecule has 4 aromatic rings. The Labute approximate surface area is 221 Å². The topological polar surface area (TPSA) is 103 Å². The van der Waals surface area contributed by atoms with Gasteiger partial charge < -0.3 is 24.8 Å². The molecule has 1 fully saturated rings. The van der Waals surface area contributed by atoms with E-state index in [2.05, 4.69) is 37.3 Å². The molecule has 0 aliphatic carbocycles. The molecule has 1 aliphatic rings. The van der Waals surface area contributed by atoms with E-state index in [0.717, 1.165) is 28.0 Å². The third-order valence-electron chi connectivity index (χ3n) is 7.20. The van der Waals surface area contributed by atoms with Gasteiger partial charge in [-0.05, 0) is 49.4 Å². The van der Waals surface area contributed by atoms with Crippen LogP contribution in [-0.2, 0) is 11.2 Å². The van der Waals surface area contributed by atoms with Crippen LogP contribution >= 0.6 is 0 Å². The number of anilines is 2. The number of nitrogens with one attached hydrogen (secondary N) is 2. The van der Waals surface area contributed by atoms with Crippen molar-refractivity contribution in [1.82, 2.24) is 19.9 Å². The van der Waals surface area contributed by atoms with Crippen LogP contribution in [0.3, 0.4) is 0 Å². The largest absolute Gasteiger partial charge is 0.414 e. The van der Waals surface area contributed by atoms with Gasteiger partial charge >= 0.3 is 6.09 Å². The Bertz CT molecular complexity index is 1440. The van der Waals surface area contributed by atoms with Gasteiger partial charge in [0, 0.05) is 45.1 Å². The second kappa shape index (κ2) is 10.5. The number of nitrogens with zero attached hydrogens (tertiary/aromatic N) is 4. The first kappa shape index (κ1) is 25.3. The van der Waals surface area contributed by atoms with Crippen molar-refractivity contribution < 1.29 is 14.3 Å². The summed E-state index contributed by atoms with van der Waals surface area (Å²) >= 11 is 0. The van der Waals surface area contributed by atoms with Gasteiger partial charge in [0.15, 0.2) is 0 Å². The predicted octanol–water partition coefficient (Wildman–Crippen LogP) is 4.79. The number of hydrogen-bond donors (Lipinski definition) is 2. The van der Waals surface area contributed by atoms with Gasteiger partial charge in [-0.25, -0.2) is 14.8 Å². The number of H-pyrrole nitrogens is 1. The highest BCUT2D eigenvalue weighted by molar-refractivity contribution is 5.96. The molecule has 1 saturated heterocycles. The van der Waals surface area contributed by atoms with Gasteiger partial charge in [0.1, 0.15) is 23.5 Å². The maximum absolute atomic E-state index is 13.9. The molecule has 1 aliphatic heterocycles. The number of amides is 2. The zero-order valence-corrected chi connectivity index (χ0v) is 21.9. The van der Waals surface area contributed by atoms with Crippen LogP contribution in [-0.4, -0.2) is 59.0 Å². The van der Waals surface area contributed by atoms with Crippen molar-refractivity contribution in [2.24, 2.45) is 5.41 Å². The maximum atomic E-state index is 13.9. The third kappa shape index (κ3) is 5.18. The Hall–Kier alpha value is -4.40. The summed E-state index contributed by atoms with van der Waals surface area (Å²) < 4.78 is 5.38. The lowest BCUT2D eigenvalue weighted by Crippen LogP contribution is -2.48. The van der Waals surface area contributed by atoms with Crippen LogP contribution in [0.25, 0.3) is 11.0 Å². The van der Waals surface area contributed by atoms with Gasteiger partial charge in [-0.3, -0.25) is 4.79 Å². The third-order valence-corrected chi connectivity index (χ3v) is 7.20. The minimum Gasteiger partial charge on any atom is -0.410 e. The predicted molar refractivity (Wildman–Crippen MR) is 147 cm³/mol. The summed E-state index contributed by atoms with van der Waals surface area (Å²) in [6, 6.07) is 17.1. The van der Waals surface area contributed by atoms with E-state index in [1.807, 2.05) is 37.4 Å². The highest BCUT2D eigenvalue weighted by Gasteiger charge is 2.42. The van der Waals surface area contributed by atoms with Crippen LogP contribution in [0.4, 0.5) is 16.3 Å². The number of hydrogen-bond acceptors (Lipinski definition) is 6. The van der Waals surface area contributed by atoms with E-state index in [4.69, 9.17) is 4.74 Å². The van der Waals surface area contributed by atoms with E-state index in [0.29, 0.717) is 43.8 Å². The fourth-order valence-electron chi connectivity index (χ4n) is 5.05. The summed E-state index contributed by atoms with van der Waals surface area (Å²) in [5, 5.41) is 4.14. The molecule has 2 aromatic heterocycles. The number of aromatic amines is 1. The van der Waals surface area contributed by atoms with E-state index in [-0.39, 0.29) is 5.91 Å². The van der Waals surface area contributed by atoms with Crippen molar-refractivity contribution in [1.29, 1.82) is 0 Å². The lowest BCUT2D eigenvalue weighted by Gasteiger charge is -2.41. The molecule has 0 radical (unpaired) electrons. The fourth-order valence-corrected chi connectivity index (χ4v) is 5.05. The van der Waals surface area contributed by atoms with Crippen LogP contribution in [0.15, 0.2) is 67.1 Å². The molecule has 0 bridgehead atoms. The van der Waals surface area contributed by atoms with Crippen LogP contribution in [0.1, 0.15) is 24.0 Å². The SMILES string of the molecule is Cc1c[nH]c2ncnc(N3CCC(Cc4ccccc4)(C(=O)Nc4cccc(OC(=O)N(C)C)c4)CC3)c12. The smallest absolute Gasteiger partial charge is 0.410 e. The van der Waals surface area contributed by atoms with Crippen molar-refractivity contribution in [3.63, 3.8) is 0 Å². The molecule has 0 saturated carbocycles. The molecule has 9 nitrogen and oxygen atoms in total. The number of aromatic nitrogens is 3. The minimum absolute atomic E-state index is 0.0391. The summed E-state index contributed by atoms with van der Waals surface area (Å²) in [6.07, 6.45) is 5.02. The van der Waals surface area contributed by atoms with Crippen molar-refractivity contribution in [3.8, 4) is 5.75 Å². The first-order valence-corrected chi connectivity index (χ1v) is 12.7. The van der Waals surface area contributed by atoms with E-state index in [9.17, 15) is 9.59 Å². The normalized spacial score (nSPS) is 14.8. The van der Waals surface area contributed by atoms with E-state index in [1.54, 1.807) is 38.6 Å². The molecule has 3 heterocycles. The number of fused-ring (bicyclic) bond motifs is 1. The second-order valence-electron chi connectivity index (χ2n) is 10.1. The molecule has 0 atom stereocenters. The Morgan fingerprint density at radius 1 is 1.08 bits per heavy atom. The molecular formula is C29H32N6O3. The number of carbonyl (C=O) groups is 2. The molecule has 196 valence electrons. The van der Waals surface area contributed by atoms with Gasteiger partial charge in [0.25, 0.3) is 0 Å². The van der Waals surface area contributed by atoms with E-state index in [1.165, 1.54) is 4.90 Å². The number of rotatable bonds is 6. The van der Waals surface area contributed by atoms with E-state index >= 15 is 0 Å². The van der Waals surface area contributed by atoms with Crippen molar-refractivity contribution in [3.05, 3.63) is 78.2 Å². The second-order valence-corrected chi connectivity index (χ2v) is 10.1. The summed E-state index contributed by atoms with van der Waals surface area (Å²) in [5.41, 5.74) is 3.03. The standard InChI is InChI=1S/C29H32N6O3/c1-20-18-30-25-24(20)26(32-19-31-25)35-14-12-29(13-15-35,17-21-8-5-4-6-9-21)27(36)33-22-10-7-11-23(16-22)38-28(37)34(2)3/h4-11,16,18-19H,12-15,17H2,1-3H3,(H,33,36)(H,30,31,32). The number of aryl methyl sites for hydroxylation is 1. The van der Waals surface area contributed by atoms with Crippen molar-refractivity contribution in [2.45, 2.75) is 26.2 Å². The number of ether oxygens (including phenoxy) is 1. The van der Waals surface area contributed by atoms with Crippen LogP contribution in [0.5, 0.6) is 5.75 Å². The van der Waals surface area contributed by atoms with Gasteiger partial charge in [0.2, 0.25) is 5.91 Å². The lowest BCUT2D eigenvalue weighted by atomic mass is 9.72. The summed E-state index contributed by atoms with van der Waals surface area (Å²) in [5.74, 6) is 1.24. The molecule has 2 N–H and O–H groups in total. The average Bonchev–Trinajstić information content (AvgIpc) is 3.31. The Morgan fingerprint density at radius 3 is 2.58 bits per heavy atom. The molecule has 9 heteroatoms. The molecule has 0 unspecified atom stereocenters. The number of carbonyl (C=O) groups excluding carboxylic acids is 2. The quantitative estimate of drug-likeness (QED) is 0.385. The minimum atomic E-state index is -0.604. The molecule has 38 heavy (non-hydrogen) atoms. The molecule has 5 rings (SSSR count). The Balaban J connectivity index is 1.38. The first-order valence-electron chi connectivity index (χ1n) is 12.7. The summed E-state index contributed by atoms with van der Waals surface area (Å²) in [7, 11) is 3.25. The molecular weight excluding hydrogens is 480 g/mol. The Kier molecular flexibility index (Phi) is 7.00. The summed E-state index contributed by atoms with van der Waals surface area (Å²) in [6.45, 7) is 3.43. The highest BCUT2D eigenvalue weighted by Crippen LogP contribution is 2.39. The number of benzene rings is 2. The van der Waals surface area contributed by atoms with Gasteiger partial charge in [0.05, 0.1) is 10.8 Å². The summed E-state index contributed by atoms with van der Waals surface area (Å²) in [4.78, 5) is 41.7. The zero-order chi connectivity index (χ0) is 26.7.